The van der Waals surface area contributed by atoms with Gasteiger partial charge in [-0.1, -0.05) is 20.3 Å². The summed E-state index contributed by atoms with van der Waals surface area (Å²) in [5.74, 6) is 0.715. The normalized spacial score (nSPS) is 12.9. The topological polar surface area (TPSA) is 24.9 Å². The summed E-state index contributed by atoms with van der Waals surface area (Å²) >= 11 is 4.95. The molecule has 12 heavy (non-hydrogen) atoms. The fourth-order valence-corrected chi connectivity index (χ4v) is 1.90. The average Bonchev–Trinajstić information content (AvgIpc) is 2.47. The molecule has 1 atom stereocenters. The second-order valence-corrected chi connectivity index (χ2v) is 4.54. The van der Waals surface area contributed by atoms with E-state index < -0.39 is 0 Å². The molecule has 0 radical (unpaired) electrons. The summed E-state index contributed by atoms with van der Waals surface area (Å²) in [5, 5.41) is 6.28. The van der Waals surface area contributed by atoms with Crippen molar-refractivity contribution < 1.29 is 0 Å². The van der Waals surface area contributed by atoms with Crippen LogP contribution in [0.15, 0.2) is 9.98 Å². The number of hydrogen-bond acceptors (Lipinski definition) is 3. The molecule has 0 aliphatic heterocycles. The van der Waals surface area contributed by atoms with Crippen LogP contribution < -0.4 is 5.32 Å². The number of nitrogens with zero attached hydrogens (tertiary/aromatic N) is 1. The Bertz CT molecular complexity index is 237. The summed E-state index contributed by atoms with van der Waals surface area (Å²) < 4.78 is 0.916. The highest BCUT2D eigenvalue weighted by molar-refractivity contribution is 9.10. The minimum Gasteiger partial charge on any atom is -0.361 e. The van der Waals surface area contributed by atoms with E-state index in [0.29, 0.717) is 5.92 Å². The van der Waals surface area contributed by atoms with E-state index in [0.717, 1.165) is 16.3 Å². The third-order valence-corrected chi connectivity index (χ3v) is 3.28. The van der Waals surface area contributed by atoms with Crippen LogP contribution in [-0.2, 0) is 0 Å². The van der Waals surface area contributed by atoms with E-state index in [1.165, 1.54) is 6.42 Å². The first-order chi connectivity index (χ1) is 5.72. The molecule has 0 spiro atoms. The highest BCUT2D eigenvalue weighted by Crippen LogP contribution is 2.19. The quantitative estimate of drug-likeness (QED) is 0.884. The minimum atomic E-state index is 0.715. The van der Waals surface area contributed by atoms with Gasteiger partial charge >= 0.3 is 0 Å². The predicted octanol–water partition coefficient (Wildman–Crippen LogP) is 3.36. The van der Waals surface area contributed by atoms with Gasteiger partial charge < -0.3 is 5.32 Å². The van der Waals surface area contributed by atoms with Gasteiger partial charge in [-0.3, -0.25) is 0 Å². The van der Waals surface area contributed by atoms with Gasteiger partial charge in [0, 0.05) is 11.9 Å². The van der Waals surface area contributed by atoms with Crippen molar-refractivity contribution in [1.29, 1.82) is 0 Å². The van der Waals surface area contributed by atoms with Gasteiger partial charge in [0.2, 0.25) is 0 Å². The smallest absolute Gasteiger partial charge is 0.183 e. The number of aromatic nitrogens is 1. The molecule has 1 rings (SSSR count). The van der Waals surface area contributed by atoms with Crippen molar-refractivity contribution in [1.82, 2.24) is 4.98 Å². The Morgan fingerprint density at radius 3 is 3.00 bits per heavy atom. The Balaban J connectivity index is 2.33. The molecule has 2 nitrogen and oxygen atoms in total. The van der Waals surface area contributed by atoms with E-state index in [4.69, 9.17) is 0 Å². The van der Waals surface area contributed by atoms with Gasteiger partial charge in [-0.25, -0.2) is 4.98 Å². The maximum atomic E-state index is 4.24. The number of anilines is 1. The molecular formula is C8H13BrN2S. The Kier molecular flexibility index (Phi) is 4.01. The standard InChI is InChI=1S/C8H13BrN2S/c1-3-6(2)4-10-8-11-7(9)5-12-8/h5-6H,3-4H2,1-2H3,(H,10,11). The molecule has 68 valence electrons. The Morgan fingerprint density at radius 1 is 1.75 bits per heavy atom. The first-order valence-electron chi connectivity index (χ1n) is 4.07. The molecule has 1 N–H and O–H groups in total. The highest BCUT2D eigenvalue weighted by Gasteiger charge is 2.01. The van der Waals surface area contributed by atoms with Gasteiger partial charge in [0.25, 0.3) is 0 Å². The van der Waals surface area contributed by atoms with Crippen LogP contribution in [0.2, 0.25) is 0 Å². The summed E-state index contributed by atoms with van der Waals surface area (Å²) in [6, 6.07) is 0. The van der Waals surface area contributed by atoms with Gasteiger partial charge in [0.05, 0.1) is 0 Å². The number of halogens is 1. The van der Waals surface area contributed by atoms with Crippen LogP contribution in [0.25, 0.3) is 0 Å². The second kappa shape index (κ2) is 4.82. The molecule has 0 aliphatic carbocycles. The zero-order valence-electron chi connectivity index (χ0n) is 7.30. The van der Waals surface area contributed by atoms with Crippen molar-refractivity contribution in [3.05, 3.63) is 9.98 Å². The summed E-state index contributed by atoms with van der Waals surface area (Å²) in [7, 11) is 0. The van der Waals surface area contributed by atoms with Crippen molar-refractivity contribution in [2.75, 3.05) is 11.9 Å². The van der Waals surface area contributed by atoms with Gasteiger partial charge in [-0.2, -0.15) is 0 Å². The Hall–Kier alpha value is -0.0900. The van der Waals surface area contributed by atoms with Crippen molar-refractivity contribution in [3.63, 3.8) is 0 Å². The van der Waals surface area contributed by atoms with Crippen LogP contribution in [0, 0.1) is 5.92 Å². The molecule has 0 saturated heterocycles. The summed E-state index contributed by atoms with van der Waals surface area (Å²) in [4.78, 5) is 4.24. The minimum absolute atomic E-state index is 0.715. The molecular weight excluding hydrogens is 236 g/mol. The van der Waals surface area contributed by atoms with E-state index in [1.807, 2.05) is 5.38 Å². The van der Waals surface area contributed by atoms with Crippen LogP contribution in [-0.4, -0.2) is 11.5 Å². The zero-order chi connectivity index (χ0) is 8.97. The van der Waals surface area contributed by atoms with Crippen molar-refractivity contribution in [2.24, 2.45) is 5.92 Å². The van der Waals surface area contributed by atoms with E-state index in [-0.39, 0.29) is 0 Å². The van der Waals surface area contributed by atoms with Crippen LogP contribution >= 0.6 is 27.3 Å². The molecule has 1 heterocycles. The molecule has 0 aliphatic rings. The Morgan fingerprint density at radius 2 is 2.50 bits per heavy atom. The van der Waals surface area contributed by atoms with Crippen molar-refractivity contribution in [3.8, 4) is 0 Å². The molecule has 1 aromatic heterocycles. The first-order valence-corrected chi connectivity index (χ1v) is 5.74. The molecule has 4 heteroatoms. The largest absolute Gasteiger partial charge is 0.361 e. The molecule has 0 amide bonds. The third-order valence-electron chi connectivity index (χ3n) is 1.77. The van der Waals surface area contributed by atoms with Crippen LogP contribution in [0.5, 0.6) is 0 Å². The first kappa shape index (κ1) is 9.99. The number of nitrogens with one attached hydrogen (secondary N) is 1. The molecule has 0 bridgehead atoms. The lowest BCUT2D eigenvalue weighted by Gasteiger charge is -2.07. The van der Waals surface area contributed by atoms with E-state index in [1.54, 1.807) is 11.3 Å². The summed E-state index contributed by atoms with van der Waals surface area (Å²) in [6.45, 7) is 5.44. The summed E-state index contributed by atoms with van der Waals surface area (Å²) in [5.41, 5.74) is 0. The third kappa shape index (κ3) is 3.11. The summed E-state index contributed by atoms with van der Waals surface area (Å²) in [6.07, 6.45) is 1.21. The lowest BCUT2D eigenvalue weighted by atomic mass is 10.1. The monoisotopic (exact) mass is 248 g/mol. The van der Waals surface area contributed by atoms with Crippen molar-refractivity contribution >= 4 is 32.4 Å². The van der Waals surface area contributed by atoms with E-state index in [2.05, 4.69) is 40.1 Å². The number of thiazole rings is 1. The van der Waals surface area contributed by atoms with E-state index >= 15 is 0 Å². The van der Waals surface area contributed by atoms with Gasteiger partial charge in [0.15, 0.2) is 5.13 Å². The number of rotatable bonds is 4. The molecule has 0 fully saturated rings. The lowest BCUT2D eigenvalue weighted by molar-refractivity contribution is 0.593. The molecule has 1 aromatic rings. The van der Waals surface area contributed by atoms with Crippen LogP contribution in [0.3, 0.4) is 0 Å². The lowest BCUT2D eigenvalue weighted by Crippen LogP contribution is -2.09. The molecule has 0 saturated carbocycles. The van der Waals surface area contributed by atoms with Crippen molar-refractivity contribution in [2.45, 2.75) is 20.3 Å². The van der Waals surface area contributed by atoms with Gasteiger partial charge in [0.1, 0.15) is 4.60 Å². The maximum absolute atomic E-state index is 4.24. The Labute approximate surface area is 85.5 Å². The number of hydrogen-bond donors (Lipinski definition) is 1. The predicted molar refractivity (Wildman–Crippen MR) is 57.8 cm³/mol. The van der Waals surface area contributed by atoms with Crippen LogP contribution in [0.4, 0.5) is 5.13 Å². The van der Waals surface area contributed by atoms with Crippen LogP contribution in [0.1, 0.15) is 20.3 Å². The maximum Gasteiger partial charge on any atom is 0.183 e. The van der Waals surface area contributed by atoms with Gasteiger partial charge in [-0.15, -0.1) is 11.3 Å². The fraction of sp³-hybridized carbons (Fsp3) is 0.625. The molecule has 0 aromatic carbocycles. The zero-order valence-corrected chi connectivity index (χ0v) is 9.70. The SMILES string of the molecule is CCC(C)CNc1nc(Br)cs1. The second-order valence-electron chi connectivity index (χ2n) is 2.87. The van der Waals surface area contributed by atoms with E-state index in [9.17, 15) is 0 Å². The molecule has 1 unspecified atom stereocenters. The average molecular weight is 249 g/mol. The fourth-order valence-electron chi connectivity index (χ4n) is 0.741. The highest BCUT2D eigenvalue weighted by atomic mass is 79.9. The van der Waals surface area contributed by atoms with Gasteiger partial charge in [-0.05, 0) is 21.8 Å².